The van der Waals surface area contributed by atoms with Crippen LogP contribution in [0.3, 0.4) is 0 Å². The summed E-state index contributed by atoms with van der Waals surface area (Å²) in [7, 11) is 0. The summed E-state index contributed by atoms with van der Waals surface area (Å²) < 4.78 is 0. The van der Waals surface area contributed by atoms with Gasteiger partial charge >= 0.3 is 0 Å². The summed E-state index contributed by atoms with van der Waals surface area (Å²) in [5, 5.41) is 0. The monoisotopic (exact) mass is 365 g/mol. The molecule has 1 aliphatic carbocycles. The molecule has 0 nitrogen and oxygen atoms in total. The molecule has 0 aromatic heterocycles. The van der Waals surface area contributed by atoms with Crippen LogP contribution in [0.1, 0.15) is 39.0 Å². The van der Waals surface area contributed by atoms with Crippen LogP contribution in [0.15, 0.2) is 0 Å². The first-order valence-electron chi connectivity index (χ1n) is 3.43. The smallest absolute Gasteiger partial charge is 0 e. The van der Waals surface area contributed by atoms with E-state index in [1.54, 1.807) is 0 Å². The zero-order valence-corrected chi connectivity index (χ0v) is 12.2. The molecule has 0 bridgehead atoms. The maximum Gasteiger partial charge on any atom is 0 e. The fourth-order valence-electron chi connectivity index (χ4n) is 1.42. The van der Waals surface area contributed by atoms with Crippen molar-refractivity contribution in [2.24, 2.45) is 5.92 Å². The molecule has 1 saturated carbocycles. The maximum atomic E-state index is 2.30. The Morgan fingerprint density at radius 3 is 2.00 bits per heavy atom. The predicted molar refractivity (Wildman–Crippen MR) is 32.2 cm³/mol. The molecule has 8 heavy (non-hydrogen) atoms. The van der Waals surface area contributed by atoms with Crippen molar-refractivity contribution in [1.82, 2.24) is 0 Å². The average Bonchev–Trinajstić information content (AvgIpc) is 2.14. The minimum Gasteiger partial charge on any atom is -0.0651 e. The Balaban J connectivity index is 0.000000490. The second-order valence-electron chi connectivity index (χ2n) is 2.56. The Labute approximate surface area is 45.9 Å². The normalized spacial score (nSPS) is 20.6. The van der Waals surface area contributed by atoms with Crippen molar-refractivity contribution in [1.29, 1.82) is 0 Å². The zero-order chi connectivity index (χ0) is 5.11. The maximum absolute atomic E-state index is 2.30. The van der Waals surface area contributed by atoms with Crippen LogP contribution in [0, 0.1) is 5.92 Å². The molecule has 0 radical (unpaired) electrons. The molecule has 1 aliphatic rings. The van der Waals surface area contributed by atoms with Gasteiger partial charge in [0.25, 0.3) is 0 Å². The third-order valence-electron chi connectivity index (χ3n) is 2.05. The van der Waals surface area contributed by atoms with Crippen molar-refractivity contribution in [3.05, 3.63) is 0 Å². The SMILES string of the molecule is CCC1CCCC1.[Rf]. The van der Waals surface area contributed by atoms with Crippen LogP contribution < -0.4 is 0 Å². The molecular formula is C7H14Rf. The van der Waals surface area contributed by atoms with E-state index in [0.29, 0.717) is 0 Å². The fraction of sp³-hybridized carbons (Fsp3) is 1.00. The van der Waals surface area contributed by atoms with Gasteiger partial charge in [0.15, 0.2) is 0 Å². The van der Waals surface area contributed by atoms with E-state index in [4.69, 9.17) is 0 Å². The van der Waals surface area contributed by atoms with Gasteiger partial charge < -0.3 is 0 Å². The Morgan fingerprint density at radius 1 is 1.25 bits per heavy atom. The van der Waals surface area contributed by atoms with Gasteiger partial charge in [-0.25, -0.2) is 0 Å². The van der Waals surface area contributed by atoms with Crippen LogP contribution in [0.4, 0.5) is 0 Å². The molecule has 0 N–H and O–H groups in total. The van der Waals surface area contributed by atoms with Crippen molar-refractivity contribution < 1.29 is 0 Å². The van der Waals surface area contributed by atoms with Crippen molar-refractivity contribution in [3.63, 3.8) is 0 Å². The first-order valence-corrected chi connectivity index (χ1v) is 3.43. The van der Waals surface area contributed by atoms with Gasteiger partial charge in [-0.1, -0.05) is 39.0 Å². The summed E-state index contributed by atoms with van der Waals surface area (Å²) in [6.07, 6.45) is 7.43. The molecule has 0 aromatic carbocycles. The molecular weight excluding hydrogens is 351 g/mol. The third kappa shape index (κ3) is 1.25. The summed E-state index contributed by atoms with van der Waals surface area (Å²) in [5.74, 6) is 1.10. The molecule has 0 aromatic rings. The largest absolute Gasteiger partial charge is 0.0651 e. The minimum atomic E-state index is 0. The van der Waals surface area contributed by atoms with Crippen molar-refractivity contribution in [3.8, 4) is 0 Å². The molecule has 1 fully saturated rings. The molecule has 44 valence electrons. The Hall–Kier alpha value is -1.00. The minimum absolute atomic E-state index is 0. The summed E-state index contributed by atoms with van der Waals surface area (Å²) in [6, 6.07) is 0. The van der Waals surface area contributed by atoms with E-state index in [-0.39, 0.29) is 0 Å². The summed E-state index contributed by atoms with van der Waals surface area (Å²) >= 11 is 0. The summed E-state index contributed by atoms with van der Waals surface area (Å²) in [5.41, 5.74) is 0. The molecule has 0 saturated heterocycles. The summed E-state index contributed by atoms with van der Waals surface area (Å²) in [4.78, 5) is 0. The zero-order valence-electron chi connectivity index (χ0n) is 5.82. The van der Waals surface area contributed by atoms with Crippen LogP contribution in [-0.2, 0) is 0 Å². The first kappa shape index (κ1) is 7.00. The van der Waals surface area contributed by atoms with Crippen LogP contribution in [0.25, 0.3) is 0 Å². The molecule has 0 amide bonds. The number of hydrogen-bond acceptors (Lipinski definition) is 0. The standard InChI is InChI=1S/C7H14.Rf/c1-2-7-5-3-4-6-7;/h7H,2-6H2,1H3;. The Bertz CT molecular complexity index is 46.3. The Kier molecular flexibility index (Phi) is 2.68. The van der Waals surface area contributed by atoms with Crippen molar-refractivity contribution in [2.45, 2.75) is 39.0 Å². The van der Waals surface area contributed by atoms with Gasteiger partial charge in [0, 0.05) is 0 Å². The van der Waals surface area contributed by atoms with E-state index in [0.717, 1.165) is 5.92 Å². The van der Waals surface area contributed by atoms with E-state index in [1.165, 1.54) is 32.1 Å². The summed E-state index contributed by atoms with van der Waals surface area (Å²) in [6.45, 7) is 2.30. The van der Waals surface area contributed by atoms with E-state index in [1.807, 2.05) is 0 Å². The van der Waals surface area contributed by atoms with Gasteiger partial charge in [-0.15, -0.1) is 0 Å². The first-order chi connectivity index (χ1) is 3.43. The van der Waals surface area contributed by atoms with E-state index in [9.17, 15) is 0 Å². The van der Waals surface area contributed by atoms with Gasteiger partial charge in [0.2, 0.25) is 0 Å². The quantitative estimate of drug-likeness (QED) is 0.670. The number of hydrogen-bond donors (Lipinski definition) is 0. The van der Waals surface area contributed by atoms with Gasteiger partial charge in [0.05, 0.1) is 0 Å². The molecule has 0 spiro atoms. The van der Waals surface area contributed by atoms with Crippen LogP contribution in [0.2, 0.25) is 0 Å². The molecule has 0 heterocycles. The molecule has 1 heteroatoms. The molecule has 0 aliphatic heterocycles. The molecule has 0 atom stereocenters. The van der Waals surface area contributed by atoms with Gasteiger partial charge in [0.1, 0.15) is 0 Å². The third-order valence-corrected chi connectivity index (χ3v) is 2.05. The van der Waals surface area contributed by atoms with Gasteiger partial charge in [-0.05, 0) is 5.92 Å². The average molecular weight is 365 g/mol. The van der Waals surface area contributed by atoms with Crippen LogP contribution in [-0.4, -0.2) is 0 Å². The van der Waals surface area contributed by atoms with Gasteiger partial charge in [-0.3, -0.25) is 0 Å². The second kappa shape index (κ2) is 3.06. The topological polar surface area (TPSA) is 0 Å². The van der Waals surface area contributed by atoms with Gasteiger partial charge in [-0.2, -0.15) is 0 Å². The Morgan fingerprint density at radius 2 is 1.75 bits per heavy atom. The fourth-order valence-corrected chi connectivity index (χ4v) is 1.42. The number of rotatable bonds is 1. The van der Waals surface area contributed by atoms with Crippen LogP contribution >= 0.6 is 0 Å². The van der Waals surface area contributed by atoms with E-state index in [2.05, 4.69) is 6.92 Å². The van der Waals surface area contributed by atoms with Crippen molar-refractivity contribution in [2.75, 3.05) is 0 Å². The second-order valence-corrected chi connectivity index (χ2v) is 2.56. The molecule has 1 rings (SSSR count). The molecule has 0 unspecified atom stereocenters. The van der Waals surface area contributed by atoms with Crippen LogP contribution in [0.5, 0.6) is 0 Å². The van der Waals surface area contributed by atoms with E-state index >= 15 is 0 Å². The van der Waals surface area contributed by atoms with Crippen molar-refractivity contribution >= 4 is 0 Å². The predicted octanol–water partition coefficient (Wildman–Crippen LogP) is 2.59. The van der Waals surface area contributed by atoms with E-state index < -0.39 is 0 Å².